The van der Waals surface area contributed by atoms with Crippen LogP contribution in [0, 0.1) is 0 Å². The summed E-state index contributed by atoms with van der Waals surface area (Å²) in [6.07, 6.45) is 8.07. The fraction of sp³-hybridized carbons (Fsp3) is 0.727. The second kappa shape index (κ2) is 3.94. The van der Waals surface area contributed by atoms with E-state index < -0.39 is 5.60 Å². The van der Waals surface area contributed by atoms with Gasteiger partial charge in [0.1, 0.15) is 0 Å². The standard InChI is InChI=1S/C11H19N3O/c1-14-8-9(7-13-14)2-4-11(15)5-3-10(12)6-11/h7-8,10,15H,2-6,12H2,1H3. The van der Waals surface area contributed by atoms with Gasteiger partial charge in [-0.1, -0.05) is 0 Å². The Morgan fingerprint density at radius 3 is 3.07 bits per heavy atom. The molecule has 0 bridgehead atoms. The Balaban J connectivity index is 1.88. The molecule has 4 heteroatoms. The molecule has 1 fully saturated rings. The van der Waals surface area contributed by atoms with Crippen molar-refractivity contribution >= 4 is 0 Å². The molecule has 2 rings (SSSR count). The van der Waals surface area contributed by atoms with Crippen LogP contribution in [0.25, 0.3) is 0 Å². The first-order valence-corrected chi connectivity index (χ1v) is 5.53. The fourth-order valence-electron chi connectivity index (χ4n) is 2.35. The molecule has 0 radical (unpaired) electrons. The first kappa shape index (κ1) is 10.6. The number of hydrogen-bond acceptors (Lipinski definition) is 3. The van der Waals surface area contributed by atoms with Crippen molar-refractivity contribution in [3.05, 3.63) is 18.0 Å². The molecule has 1 saturated carbocycles. The Morgan fingerprint density at radius 2 is 2.53 bits per heavy atom. The van der Waals surface area contributed by atoms with E-state index in [1.165, 1.54) is 5.56 Å². The Hall–Kier alpha value is -0.870. The molecule has 2 unspecified atom stereocenters. The molecule has 2 atom stereocenters. The van der Waals surface area contributed by atoms with Crippen LogP contribution in [0.5, 0.6) is 0 Å². The van der Waals surface area contributed by atoms with Crippen LogP contribution in [-0.4, -0.2) is 26.5 Å². The quantitative estimate of drug-likeness (QED) is 0.766. The van der Waals surface area contributed by atoms with E-state index in [0.29, 0.717) is 0 Å². The zero-order valence-corrected chi connectivity index (χ0v) is 9.19. The highest BCUT2D eigenvalue weighted by molar-refractivity contribution is 5.05. The van der Waals surface area contributed by atoms with Crippen LogP contribution in [0.2, 0.25) is 0 Å². The van der Waals surface area contributed by atoms with Gasteiger partial charge in [-0.2, -0.15) is 5.10 Å². The van der Waals surface area contributed by atoms with Crippen LogP contribution in [0.3, 0.4) is 0 Å². The first-order valence-electron chi connectivity index (χ1n) is 5.53. The minimum atomic E-state index is -0.532. The van der Waals surface area contributed by atoms with Gasteiger partial charge < -0.3 is 10.8 Å². The molecule has 0 saturated heterocycles. The molecule has 1 aliphatic rings. The average molecular weight is 209 g/mol. The van der Waals surface area contributed by atoms with E-state index in [4.69, 9.17) is 5.73 Å². The SMILES string of the molecule is Cn1cc(CCC2(O)CCC(N)C2)cn1. The van der Waals surface area contributed by atoms with Crippen molar-refractivity contribution in [3.63, 3.8) is 0 Å². The van der Waals surface area contributed by atoms with E-state index in [9.17, 15) is 5.11 Å². The molecular formula is C11H19N3O. The Labute approximate surface area is 90.1 Å². The van der Waals surface area contributed by atoms with Crippen molar-refractivity contribution in [3.8, 4) is 0 Å². The number of aromatic nitrogens is 2. The second-order valence-electron chi connectivity index (χ2n) is 4.75. The van der Waals surface area contributed by atoms with Crippen LogP contribution < -0.4 is 5.73 Å². The third-order valence-corrected chi connectivity index (χ3v) is 3.26. The number of nitrogens with zero attached hydrogens (tertiary/aromatic N) is 2. The Kier molecular flexibility index (Phi) is 2.80. The first-order chi connectivity index (χ1) is 7.07. The predicted octanol–water partition coefficient (Wildman–Crippen LogP) is 0.595. The number of nitrogens with two attached hydrogens (primary N) is 1. The third kappa shape index (κ3) is 2.58. The second-order valence-corrected chi connectivity index (χ2v) is 4.75. The molecule has 0 amide bonds. The lowest BCUT2D eigenvalue weighted by atomic mass is 9.94. The normalized spacial score (nSPS) is 31.0. The molecule has 1 heterocycles. The largest absolute Gasteiger partial charge is 0.390 e. The van der Waals surface area contributed by atoms with Gasteiger partial charge >= 0.3 is 0 Å². The highest BCUT2D eigenvalue weighted by Gasteiger charge is 2.35. The lowest BCUT2D eigenvalue weighted by Gasteiger charge is -2.21. The van der Waals surface area contributed by atoms with Crippen molar-refractivity contribution in [2.75, 3.05) is 0 Å². The lowest BCUT2D eigenvalue weighted by Crippen LogP contribution is -2.28. The molecule has 0 aromatic carbocycles. The molecule has 15 heavy (non-hydrogen) atoms. The van der Waals surface area contributed by atoms with E-state index in [-0.39, 0.29) is 6.04 Å². The van der Waals surface area contributed by atoms with Gasteiger partial charge in [-0.3, -0.25) is 4.68 Å². The van der Waals surface area contributed by atoms with E-state index >= 15 is 0 Å². The van der Waals surface area contributed by atoms with Crippen molar-refractivity contribution in [1.29, 1.82) is 0 Å². The molecule has 1 aliphatic carbocycles. The highest BCUT2D eigenvalue weighted by atomic mass is 16.3. The predicted molar refractivity (Wildman–Crippen MR) is 58.3 cm³/mol. The fourth-order valence-corrected chi connectivity index (χ4v) is 2.35. The van der Waals surface area contributed by atoms with Gasteiger partial charge in [-0.25, -0.2) is 0 Å². The summed E-state index contributed by atoms with van der Waals surface area (Å²) in [4.78, 5) is 0. The van der Waals surface area contributed by atoms with Crippen molar-refractivity contribution < 1.29 is 5.11 Å². The summed E-state index contributed by atoms with van der Waals surface area (Å²) in [5.74, 6) is 0. The summed E-state index contributed by atoms with van der Waals surface area (Å²) in [7, 11) is 1.91. The van der Waals surface area contributed by atoms with Crippen molar-refractivity contribution in [1.82, 2.24) is 9.78 Å². The van der Waals surface area contributed by atoms with Crippen LogP contribution in [0.1, 0.15) is 31.2 Å². The maximum Gasteiger partial charge on any atom is 0.0666 e. The van der Waals surface area contributed by atoms with Gasteiger partial charge in [0.15, 0.2) is 0 Å². The van der Waals surface area contributed by atoms with Gasteiger partial charge in [-0.15, -0.1) is 0 Å². The maximum absolute atomic E-state index is 10.2. The van der Waals surface area contributed by atoms with Gasteiger partial charge in [0.05, 0.1) is 11.8 Å². The zero-order chi connectivity index (χ0) is 10.9. The smallest absolute Gasteiger partial charge is 0.0666 e. The number of aryl methyl sites for hydroxylation is 2. The van der Waals surface area contributed by atoms with Crippen LogP contribution in [0.15, 0.2) is 12.4 Å². The third-order valence-electron chi connectivity index (χ3n) is 3.26. The molecule has 1 aromatic heterocycles. The van der Waals surface area contributed by atoms with E-state index in [0.717, 1.165) is 32.1 Å². The summed E-state index contributed by atoms with van der Waals surface area (Å²) < 4.78 is 1.79. The van der Waals surface area contributed by atoms with E-state index in [1.54, 1.807) is 4.68 Å². The summed E-state index contributed by atoms with van der Waals surface area (Å²) in [5.41, 5.74) is 6.46. The summed E-state index contributed by atoms with van der Waals surface area (Å²) >= 11 is 0. The van der Waals surface area contributed by atoms with Crippen molar-refractivity contribution in [2.24, 2.45) is 12.8 Å². The molecule has 0 spiro atoms. The van der Waals surface area contributed by atoms with Gasteiger partial charge in [0, 0.05) is 19.3 Å². The van der Waals surface area contributed by atoms with E-state index in [2.05, 4.69) is 5.10 Å². The number of hydrogen-bond donors (Lipinski definition) is 2. The molecule has 3 N–H and O–H groups in total. The molecule has 1 aromatic rings. The van der Waals surface area contributed by atoms with Gasteiger partial charge in [-0.05, 0) is 37.7 Å². The van der Waals surface area contributed by atoms with Crippen LogP contribution in [0.4, 0.5) is 0 Å². The number of rotatable bonds is 3. The lowest BCUT2D eigenvalue weighted by molar-refractivity contribution is 0.0378. The minimum absolute atomic E-state index is 0.184. The van der Waals surface area contributed by atoms with E-state index in [1.807, 2.05) is 19.4 Å². The van der Waals surface area contributed by atoms with Gasteiger partial charge in [0.2, 0.25) is 0 Å². The maximum atomic E-state index is 10.2. The molecule has 4 nitrogen and oxygen atoms in total. The molecule has 0 aliphatic heterocycles. The van der Waals surface area contributed by atoms with Crippen molar-refractivity contribution in [2.45, 2.75) is 43.7 Å². The highest BCUT2D eigenvalue weighted by Crippen LogP contribution is 2.32. The Bertz CT molecular complexity index is 336. The molecular weight excluding hydrogens is 190 g/mol. The topological polar surface area (TPSA) is 64.1 Å². The Morgan fingerprint density at radius 1 is 1.73 bits per heavy atom. The average Bonchev–Trinajstić information content (AvgIpc) is 2.71. The summed E-state index contributed by atoms with van der Waals surface area (Å²) in [6.45, 7) is 0. The molecule has 84 valence electrons. The van der Waals surface area contributed by atoms with Crippen LogP contribution in [-0.2, 0) is 13.5 Å². The monoisotopic (exact) mass is 209 g/mol. The van der Waals surface area contributed by atoms with Crippen LogP contribution >= 0.6 is 0 Å². The summed E-state index contributed by atoms with van der Waals surface area (Å²) in [5, 5.41) is 14.3. The van der Waals surface area contributed by atoms with Gasteiger partial charge in [0.25, 0.3) is 0 Å². The minimum Gasteiger partial charge on any atom is -0.390 e. The zero-order valence-electron chi connectivity index (χ0n) is 9.19. The summed E-state index contributed by atoms with van der Waals surface area (Å²) in [6, 6.07) is 0.184. The number of aliphatic hydroxyl groups is 1.